The van der Waals surface area contributed by atoms with Crippen molar-refractivity contribution in [1.29, 1.82) is 5.41 Å². The Morgan fingerprint density at radius 3 is 2.45 bits per heavy atom. The Balaban J connectivity index is 2.51. The molecular weight excluding hydrogens is 250 g/mol. The van der Waals surface area contributed by atoms with Gasteiger partial charge in [0.05, 0.1) is 11.3 Å². The summed E-state index contributed by atoms with van der Waals surface area (Å²) in [5.74, 6) is 0.892. The van der Waals surface area contributed by atoms with Crippen LogP contribution in [0.5, 0.6) is 0 Å². The minimum atomic E-state index is 0.103. The largest absolute Gasteiger partial charge is 0.384 e. The van der Waals surface area contributed by atoms with Crippen molar-refractivity contribution in [3.05, 3.63) is 16.8 Å². The van der Waals surface area contributed by atoms with Crippen molar-refractivity contribution in [3.8, 4) is 0 Å². The number of nitrogen functional groups attached to an aromatic ring is 1. The molecule has 1 fully saturated rings. The molecule has 1 aliphatic rings. The van der Waals surface area contributed by atoms with Crippen LogP contribution >= 0.6 is 0 Å². The number of nitrogens with two attached hydrogens (primary N) is 1. The predicted octanol–water partition coefficient (Wildman–Crippen LogP) is 2.12. The molecular formula is C15H25N5. The van der Waals surface area contributed by atoms with E-state index >= 15 is 0 Å². The van der Waals surface area contributed by atoms with Crippen LogP contribution in [0.4, 0.5) is 5.82 Å². The summed E-state index contributed by atoms with van der Waals surface area (Å²) in [5.41, 5.74) is 8.95. The highest BCUT2D eigenvalue weighted by atomic mass is 15.3. The summed E-state index contributed by atoms with van der Waals surface area (Å²) in [6, 6.07) is 0. The molecule has 0 radical (unpaired) electrons. The molecule has 1 aromatic rings. The number of hydrogen-bond acceptors (Lipinski definition) is 4. The van der Waals surface area contributed by atoms with Gasteiger partial charge in [-0.25, -0.2) is 0 Å². The standard InChI is InChI=1S/C15H25N5/c1-5-10-11(6-2)18-19-14(12(10)13(16)17)20-8-7-15(3,4)9-20/h5-9H2,1-4H3,(H3,16,17). The van der Waals surface area contributed by atoms with E-state index in [1.807, 2.05) is 0 Å². The molecule has 110 valence electrons. The molecule has 3 N–H and O–H groups in total. The molecule has 20 heavy (non-hydrogen) atoms. The van der Waals surface area contributed by atoms with Crippen molar-refractivity contribution in [2.75, 3.05) is 18.0 Å². The summed E-state index contributed by atoms with van der Waals surface area (Å²) in [5, 5.41) is 16.7. The predicted molar refractivity (Wildman–Crippen MR) is 82.4 cm³/mol. The molecule has 5 nitrogen and oxygen atoms in total. The fraction of sp³-hybridized carbons (Fsp3) is 0.667. The third-order valence-corrected chi connectivity index (χ3v) is 4.07. The first kappa shape index (κ1) is 14.8. The molecule has 0 atom stereocenters. The van der Waals surface area contributed by atoms with E-state index in [1.165, 1.54) is 0 Å². The van der Waals surface area contributed by atoms with Gasteiger partial charge in [0.15, 0.2) is 5.82 Å². The minimum absolute atomic E-state index is 0.103. The molecule has 2 heterocycles. The topological polar surface area (TPSA) is 78.9 Å². The number of nitrogens with one attached hydrogen (secondary N) is 1. The molecule has 1 aromatic heterocycles. The Bertz CT molecular complexity index is 521. The highest BCUT2D eigenvalue weighted by molar-refractivity contribution is 6.01. The van der Waals surface area contributed by atoms with Crippen LogP contribution in [-0.4, -0.2) is 29.1 Å². The first-order valence-electron chi connectivity index (χ1n) is 7.37. The summed E-state index contributed by atoms with van der Waals surface area (Å²) < 4.78 is 0. The lowest BCUT2D eigenvalue weighted by atomic mass is 9.93. The average molecular weight is 275 g/mol. The Labute approximate surface area is 121 Å². The van der Waals surface area contributed by atoms with Gasteiger partial charge in [-0.05, 0) is 30.2 Å². The van der Waals surface area contributed by atoms with Gasteiger partial charge in [0, 0.05) is 13.1 Å². The van der Waals surface area contributed by atoms with E-state index in [9.17, 15) is 0 Å². The van der Waals surface area contributed by atoms with Crippen LogP contribution in [-0.2, 0) is 12.8 Å². The Morgan fingerprint density at radius 2 is 2.00 bits per heavy atom. The van der Waals surface area contributed by atoms with Crippen molar-refractivity contribution in [2.45, 2.75) is 47.0 Å². The van der Waals surface area contributed by atoms with Crippen LogP contribution in [0, 0.1) is 10.8 Å². The zero-order chi connectivity index (χ0) is 14.9. The fourth-order valence-corrected chi connectivity index (χ4v) is 2.96. The fourth-order valence-electron chi connectivity index (χ4n) is 2.96. The van der Waals surface area contributed by atoms with E-state index in [1.54, 1.807) is 0 Å². The van der Waals surface area contributed by atoms with Gasteiger partial charge in [0.25, 0.3) is 0 Å². The lowest BCUT2D eigenvalue weighted by Crippen LogP contribution is -2.29. The number of amidine groups is 1. The van der Waals surface area contributed by atoms with Crippen LogP contribution < -0.4 is 10.6 Å². The van der Waals surface area contributed by atoms with Crippen LogP contribution in [0.1, 0.15) is 50.9 Å². The summed E-state index contributed by atoms with van der Waals surface area (Å²) >= 11 is 0. The summed E-state index contributed by atoms with van der Waals surface area (Å²) in [7, 11) is 0. The highest BCUT2D eigenvalue weighted by Crippen LogP contribution is 2.34. The summed E-state index contributed by atoms with van der Waals surface area (Å²) in [4.78, 5) is 2.22. The Hall–Kier alpha value is -1.65. The number of aromatic nitrogens is 2. The minimum Gasteiger partial charge on any atom is -0.384 e. The number of rotatable bonds is 4. The number of aryl methyl sites for hydroxylation is 1. The van der Waals surface area contributed by atoms with Crippen molar-refractivity contribution in [2.24, 2.45) is 11.1 Å². The second-order valence-electron chi connectivity index (χ2n) is 6.28. The zero-order valence-electron chi connectivity index (χ0n) is 13.0. The summed E-state index contributed by atoms with van der Waals surface area (Å²) in [6.45, 7) is 10.6. The zero-order valence-corrected chi connectivity index (χ0v) is 13.0. The van der Waals surface area contributed by atoms with E-state index in [2.05, 4.69) is 42.8 Å². The number of hydrogen-bond donors (Lipinski definition) is 2. The van der Waals surface area contributed by atoms with Crippen molar-refractivity contribution in [3.63, 3.8) is 0 Å². The van der Waals surface area contributed by atoms with Gasteiger partial charge in [0.2, 0.25) is 0 Å². The molecule has 0 unspecified atom stereocenters. The lowest BCUT2D eigenvalue weighted by molar-refractivity contribution is 0.418. The van der Waals surface area contributed by atoms with Crippen LogP contribution in [0.25, 0.3) is 0 Å². The smallest absolute Gasteiger partial charge is 0.162 e. The van der Waals surface area contributed by atoms with Crippen LogP contribution in [0.2, 0.25) is 0 Å². The van der Waals surface area contributed by atoms with Crippen molar-refractivity contribution < 1.29 is 0 Å². The van der Waals surface area contributed by atoms with Gasteiger partial charge in [0.1, 0.15) is 5.84 Å². The molecule has 0 spiro atoms. The molecule has 1 aliphatic heterocycles. The van der Waals surface area contributed by atoms with Gasteiger partial charge in [-0.2, -0.15) is 5.10 Å². The van der Waals surface area contributed by atoms with Crippen molar-refractivity contribution >= 4 is 11.7 Å². The number of nitrogens with zero attached hydrogens (tertiary/aromatic N) is 3. The van der Waals surface area contributed by atoms with E-state index in [0.29, 0.717) is 0 Å². The monoisotopic (exact) mass is 275 g/mol. The SMILES string of the molecule is CCc1nnc(N2CCC(C)(C)C2)c(C(=N)N)c1CC. The van der Waals surface area contributed by atoms with Gasteiger partial charge < -0.3 is 10.6 Å². The molecule has 0 amide bonds. The van der Waals surface area contributed by atoms with E-state index < -0.39 is 0 Å². The average Bonchev–Trinajstić information content (AvgIpc) is 2.76. The van der Waals surface area contributed by atoms with E-state index in [0.717, 1.165) is 55.0 Å². The quantitative estimate of drug-likeness (QED) is 0.651. The van der Waals surface area contributed by atoms with Crippen LogP contribution in [0.3, 0.4) is 0 Å². The molecule has 5 heteroatoms. The van der Waals surface area contributed by atoms with Crippen molar-refractivity contribution in [1.82, 2.24) is 10.2 Å². The first-order valence-corrected chi connectivity index (χ1v) is 7.37. The maximum Gasteiger partial charge on any atom is 0.162 e. The molecule has 2 rings (SSSR count). The maximum absolute atomic E-state index is 7.94. The Morgan fingerprint density at radius 1 is 1.30 bits per heavy atom. The summed E-state index contributed by atoms with van der Waals surface area (Å²) in [6.07, 6.45) is 2.78. The lowest BCUT2D eigenvalue weighted by Gasteiger charge is -2.24. The second kappa shape index (κ2) is 5.38. The molecule has 0 saturated carbocycles. The van der Waals surface area contributed by atoms with E-state index in [-0.39, 0.29) is 11.3 Å². The van der Waals surface area contributed by atoms with Gasteiger partial charge in [-0.3, -0.25) is 5.41 Å². The highest BCUT2D eigenvalue weighted by Gasteiger charge is 2.32. The number of anilines is 1. The maximum atomic E-state index is 7.94. The second-order valence-corrected chi connectivity index (χ2v) is 6.28. The molecule has 0 bridgehead atoms. The van der Waals surface area contributed by atoms with Crippen LogP contribution in [0.15, 0.2) is 0 Å². The molecule has 0 aliphatic carbocycles. The first-order chi connectivity index (χ1) is 9.39. The Kier molecular flexibility index (Phi) is 3.97. The third-order valence-electron chi connectivity index (χ3n) is 4.07. The van der Waals surface area contributed by atoms with Gasteiger partial charge in [-0.15, -0.1) is 5.10 Å². The molecule has 0 aromatic carbocycles. The molecule has 1 saturated heterocycles. The van der Waals surface area contributed by atoms with Gasteiger partial charge >= 0.3 is 0 Å². The van der Waals surface area contributed by atoms with E-state index in [4.69, 9.17) is 11.1 Å². The third kappa shape index (κ3) is 2.62. The van der Waals surface area contributed by atoms with Gasteiger partial charge in [-0.1, -0.05) is 27.7 Å². The normalized spacial score (nSPS) is 17.5.